The van der Waals surface area contributed by atoms with Gasteiger partial charge in [0.25, 0.3) is 0 Å². The lowest BCUT2D eigenvalue weighted by Gasteiger charge is -2.34. The maximum Gasteiger partial charge on any atom is 0.338 e. The molecule has 1 aromatic rings. The molecule has 9 heteroatoms. The molecule has 0 atom stereocenters. The zero-order valence-electron chi connectivity index (χ0n) is 15.3. The van der Waals surface area contributed by atoms with Gasteiger partial charge in [0.2, 0.25) is 15.9 Å². The van der Waals surface area contributed by atoms with Crippen molar-refractivity contribution in [2.45, 2.75) is 6.92 Å². The topological polar surface area (TPSA) is 87.2 Å². The van der Waals surface area contributed by atoms with E-state index in [1.165, 1.54) is 24.3 Å². The van der Waals surface area contributed by atoms with Gasteiger partial charge in [0.05, 0.1) is 24.1 Å². The number of hydrogen-bond donors (Lipinski definition) is 0. The average molecular weight is 383 g/mol. The average Bonchev–Trinajstić information content (AvgIpc) is 2.59. The minimum atomic E-state index is -3.65. The molecule has 2 rings (SSSR count). The lowest BCUT2D eigenvalue weighted by Crippen LogP contribution is -2.50. The molecule has 0 saturated carbocycles. The van der Waals surface area contributed by atoms with E-state index in [1.807, 2.05) is 7.05 Å². The minimum absolute atomic E-state index is 0.238. The largest absolute Gasteiger partial charge is 0.462 e. The minimum Gasteiger partial charge on any atom is -0.462 e. The summed E-state index contributed by atoms with van der Waals surface area (Å²) in [6, 6.07) is 5.99. The molecule has 1 aliphatic rings. The summed E-state index contributed by atoms with van der Waals surface area (Å²) in [6.45, 7) is 4.39. The third-order valence-electron chi connectivity index (χ3n) is 4.20. The van der Waals surface area contributed by atoms with E-state index in [2.05, 4.69) is 4.90 Å². The summed E-state index contributed by atoms with van der Waals surface area (Å²) < 4.78 is 30.3. The highest BCUT2D eigenvalue weighted by Crippen LogP contribution is 2.19. The Morgan fingerprint density at radius 2 is 1.69 bits per heavy atom. The Kier molecular flexibility index (Phi) is 6.60. The number of anilines is 1. The van der Waals surface area contributed by atoms with Gasteiger partial charge in [-0.3, -0.25) is 9.10 Å². The fourth-order valence-electron chi connectivity index (χ4n) is 2.66. The van der Waals surface area contributed by atoms with Crippen LogP contribution in [0.15, 0.2) is 24.3 Å². The van der Waals surface area contributed by atoms with E-state index < -0.39 is 16.0 Å². The van der Waals surface area contributed by atoms with E-state index in [4.69, 9.17) is 4.74 Å². The molecule has 1 aromatic carbocycles. The van der Waals surface area contributed by atoms with Gasteiger partial charge in [0.15, 0.2) is 0 Å². The molecule has 144 valence electrons. The van der Waals surface area contributed by atoms with Gasteiger partial charge in [0.1, 0.15) is 6.54 Å². The lowest BCUT2D eigenvalue weighted by molar-refractivity contribution is -0.131. The molecule has 0 aromatic heterocycles. The van der Waals surface area contributed by atoms with Crippen LogP contribution in [0.2, 0.25) is 0 Å². The van der Waals surface area contributed by atoms with E-state index in [1.54, 1.807) is 11.8 Å². The number of amides is 1. The normalized spacial score (nSPS) is 15.6. The first-order valence-electron chi connectivity index (χ1n) is 8.43. The standard InChI is InChI=1S/C17H25N3O5S/c1-4-25-17(22)14-5-7-15(8-6-14)20(26(3,23)24)13-16(21)19-11-9-18(2)10-12-19/h5-8H,4,9-13H2,1-3H3. The third-order valence-corrected chi connectivity index (χ3v) is 5.34. The Bertz CT molecular complexity index is 740. The predicted octanol–water partition coefficient (Wildman–Crippen LogP) is 0.403. The number of rotatable bonds is 6. The van der Waals surface area contributed by atoms with Gasteiger partial charge in [-0.2, -0.15) is 0 Å². The lowest BCUT2D eigenvalue weighted by atomic mass is 10.2. The van der Waals surface area contributed by atoms with Crippen LogP contribution in [0.1, 0.15) is 17.3 Å². The first-order chi connectivity index (χ1) is 12.2. The van der Waals surface area contributed by atoms with Crippen LogP contribution >= 0.6 is 0 Å². The smallest absolute Gasteiger partial charge is 0.338 e. The van der Waals surface area contributed by atoms with Gasteiger partial charge in [0, 0.05) is 26.2 Å². The summed E-state index contributed by atoms with van der Waals surface area (Å²) in [7, 11) is -1.66. The molecule has 1 amide bonds. The summed E-state index contributed by atoms with van der Waals surface area (Å²) >= 11 is 0. The zero-order valence-corrected chi connectivity index (χ0v) is 16.2. The number of piperazine rings is 1. The monoisotopic (exact) mass is 383 g/mol. The number of likely N-dealkylation sites (N-methyl/N-ethyl adjacent to an activating group) is 1. The van der Waals surface area contributed by atoms with E-state index >= 15 is 0 Å². The number of benzene rings is 1. The van der Waals surface area contributed by atoms with Crippen LogP contribution in [-0.2, 0) is 19.6 Å². The molecular formula is C17H25N3O5S. The Morgan fingerprint density at radius 1 is 1.12 bits per heavy atom. The molecular weight excluding hydrogens is 358 g/mol. The number of sulfonamides is 1. The highest BCUT2D eigenvalue weighted by atomic mass is 32.2. The Balaban J connectivity index is 2.15. The number of carbonyl (C=O) groups excluding carboxylic acids is 2. The summed E-state index contributed by atoms with van der Waals surface area (Å²) in [4.78, 5) is 28.0. The van der Waals surface area contributed by atoms with Gasteiger partial charge in [-0.05, 0) is 38.2 Å². The predicted molar refractivity (Wildman–Crippen MR) is 98.7 cm³/mol. The maximum atomic E-state index is 12.5. The molecule has 1 saturated heterocycles. The van der Waals surface area contributed by atoms with Gasteiger partial charge in [-0.1, -0.05) is 0 Å². The Labute approximate surface area is 154 Å². The molecule has 1 fully saturated rings. The molecule has 8 nitrogen and oxygen atoms in total. The second kappa shape index (κ2) is 8.50. The van der Waals surface area contributed by atoms with Gasteiger partial charge in [-0.25, -0.2) is 13.2 Å². The van der Waals surface area contributed by atoms with Crippen molar-refractivity contribution < 1.29 is 22.7 Å². The number of carbonyl (C=O) groups is 2. The van der Waals surface area contributed by atoms with Gasteiger partial charge < -0.3 is 14.5 Å². The first-order valence-corrected chi connectivity index (χ1v) is 10.3. The summed E-state index contributed by atoms with van der Waals surface area (Å²) in [5, 5.41) is 0. The second-order valence-electron chi connectivity index (χ2n) is 6.22. The van der Waals surface area contributed by atoms with Crippen LogP contribution < -0.4 is 4.31 Å². The second-order valence-corrected chi connectivity index (χ2v) is 8.13. The molecule has 26 heavy (non-hydrogen) atoms. The molecule has 1 aliphatic heterocycles. The van der Waals surface area contributed by atoms with Crippen molar-refractivity contribution in [2.75, 3.05) is 56.9 Å². The number of esters is 1. The van der Waals surface area contributed by atoms with Crippen LogP contribution in [0.5, 0.6) is 0 Å². The van der Waals surface area contributed by atoms with Crippen molar-refractivity contribution >= 4 is 27.6 Å². The fraction of sp³-hybridized carbons (Fsp3) is 0.529. The molecule has 1 heterocycles. The highest BCUT2D eigenvalue weighted by Gasteiger charge is 2.26. The summed E-state index contributed by atoms with van der Waals surface area (Å²) in [6.07, 6.45) is 1.06. The van der Waals surface area contributed by atoms with Crippen molar-refractivity contribution in [3.63, 3.8) is 0 Å². The van der Waals surface area contributed by atoms with E-state index in [9.17, 15) is 18.0 Å². The molecule has 0 aliphatic carbocycles. The summed E-state index contributed by atoms with van der Waals surface area (Å²) in [5.41, 5.74) is 0.664. The van der Waals surface area contributed by atoms with Crippen LogP contribution in [0, 0.1) is 0 Å². The van der Waals surface area contributed by atoms with E-state index in [-0.39, 0.29) is 19.1 Å². The van der Waals surface area contributed by atoms with Crippen molar-refractivity contribution in [1.82, 2.24) is 9.80 Å². The first kappa shape index (κ1) is 20.2. The van der Waals surface area contributed by atoms with E-state index in [0.29, 0.717) is 24.3 Å². The van der Waals surface area contributed by atoms with Crippen molar-refractivity contribution in [3.05, 3.63) is 29.8 Å². The molecule has 0 unspecified atom stereocenters. The molecule has 0 bridgehead atoms. The fourth-order valence-corrected chi connectivity index (χ4v) is 3.51. The van der Waals surface area contributed by atoms with Crippen LogP contribution in [0.3, 0.4) is 0 Å². The number of nitrogens with zero attached hydrogens (tertiary/aromatic N) is 3. The number of ether oxygens (including phenoxy) is 1. The van der Waals surface area contributed by atoms with Gasteiger partial charge in [-0.15, -0.1) is 0 Å². The Morgan fingerprint density at radius 3 is 2.19 bits per heavy atom. The van der Waals surface area contributed by atoms with Crippen molar-refractivity contribution in [2.24, 2.45) is 0 Å². The maximum absolute atomic E-state index is 12.5. The zero-order chi connectivity index (χ0) is 19.3. The van der Waals surface area contributed by atoms with Crippen LogP contribution in [0.25, 0.3) is 0 Å². The third kappa shape index (κ3) is 5.18. The molecule has 0 spiro atoms. The van der Waals surface area contributed by atoms with Crippen LogP contribution in [0.4, 0.5) is 5.69 Å². The highest BCUT2D eigenvalue weighted by molar-refractivity contribution is 7.92. The Hall–Kier alpha value is -2.13. The quantitative estimate of drug-likeness (QED) is 0.661. The van der Waals surface area contributed by atoms with Crippen molar-refractivity contribution in [3.8, 4) is 0 Å². The van der Waals surface area contributed by atoms with E-state index in [0.717, 1.165) is 23.7 Å². The van der Waals surface area contributed by atoms with Crippen LogP contribution in [-0.4, -0.2) is 82.7 Å². The molecule has 0 radical (unpaired) electrons. The summed E-state index contributed by atoms with van der Waals surface area (Å²) in [5.74, 6) is -0.712. The van der Waals surface area contributed by atoms with Gasteiger partial charge >= 0.3 is 5.97 Å². The number of hydrogen-bond acceptors (Lipinski definition) is 6. The molecule has 0 N–H and O–H groups in total. The SMILES string of the molecule is CCOC(=O)c1ccc(N(CC(=O)N2CCN(C)CC2)S(C)(=O)=O)cc1. The van der Waals surface area contributed by atoms with Crippen molar-refractivity contribution in [1.29, 1.82) is 0 Å².